The number of Topliss-reactive ketones (excluding diaryl/α,β-unsaturated/α-hetero) is 1. The SMILES string of the molecule is Cc1c(-c2ccc(Br)cc2)n(Cc2ccc(OCCOCCOCCOCC(=O)O)cc2)c2ccc(O)cc12.Cc1ncsc1-c1ccc(CCC(=O)[C@@H]2C[C@@H](O)CN2C(=O)[C@@H](N)C(C)(C)C)cc1.Cc1ncsc1-c1ccc(CNC(=O)[C@@H]2C[C@@H](O)CN2C(=O)[C@@H](NC(=O)COCCOCCOCCOc2ccc(Cn3c(-c4ccc(Br)cc4)c(C)c4cc(O)ccc43)cc2)C(C)(C)C)cc1. The Bertz CT molecular complexity index is 6000. The molecular weight excluding hydrogens is 1920 g/mol. The Morgan fingerprint density at radius 3 is 1.29 bits per heavy atom. The number of rotatable bonds is 42. The molecule has 8 aromatic carbocycles. The second-order valence-electron chi connectivity index (χ2n) is 36.1. The van der Waals surface area contributed by atoms with E-state index in [1.807, 2.05) is 176 Å². The van der Waals surface area contributed by atoms with Crippen LogP contribution in [0.5, 0.6) is 23.0 Å². The van der Waals surface area contributed by atoms with Crippen LogP contribution in [-0.2, 0) is 83.2 Å². The first-order valence-corrected chi connectivity index (χ1v) is 49.1. The first-order chi connectivity index (χ1) is 65.6. The minimum absolute atomic E-state index is 0.0152. The number of hydrogen-bond acceptors (Lipinski definition) is 23. The molecule has 2 fully saturated rings. The van der Waals surface area contributed by atoms with E-state index in [-0.39, 0.29) is 94.6 Å². The lowest BCUT2D eigenvalue weighted by Gasteiger charge is -2.35. The molecule has 14 rings (SSSR count). The van der Waals surface area contributed by atoms with Gasteiger partial charge in [-0.2, -0.15) is 0 Å². The number of nitrogens with two attached hydrogens (primary N) is 1. The standard InChI is InChI=1S/C52H60BrN5O9S.C30H32BrNO7.C23H31N3O3S/c1-33-43-26-40(59)16-19-44(43)57(47(33)37-12-14-39(53)15-13-37)29-36-8-17-42(18-9-36)67-25-24-65-21-20-64-22-23-66-31-46(61)56-49(52(3,4)5)51(63)58-30-41(60)27-45(58)50(62)54-28-35-6-10-38(11-7-35)48-34(2)55-32-68-48;1-21-27-18-25(33)8-11-28(27)32(30(21)23-4-6-24(31)7-5-23)19-22-2-9-26(10-3-22)39-17-16-37-13-12-36-14-15-38-20-29(34)35;1-14-20(30-13-25-14)16-8-5-15(6-9-16)7-10-19(28)18-11-17(27)12-26(18)22(29)21(24)23(2,3)4/h6-19,26,32,41,45,49,59-60H,20-25,27-31H2,1-5H3,(H,54,62)(H,56,61);2-11,18,33H,12-17,19-20H2,1H3,(H,34,35);5-6,8-9,13,17-18,21,27H,7,10-12,24H2,1-4H3/t41-,45+,49-;;17-,18+,21-/m1.1/s1. The van der Waals surface area contributed by atoms with Gasteiger partial charge in [0, 0.05) is 82.7 Å². The van der Waals surface area contributed by atoms with Crippen LogP contribution in [-0.4, -0.2) is 232 Å². The summed E-state index contributed by atoms with van der Waals surface area (Å²) >= 11 is 10.3. The quantitative estimate of drug-likeness (QED) is 0.0165. The molecular formula is C105H123Br2N9O19S2. The second kappa shape index (κ2) is 50.0. The van der Waals surface area contributed by atoms with E-state index in [4.69, 9.17) is 48.7 Å². The number of phenols is 2. The Balaban J connectivity index is 0.000000205. The number of β-amino-alcohol motifs (C(OH)–C–C–N with tert-alkyl or cyclic N) is 2. The highest BCUT2D eigenvalue weighted by Gasteiger charge is 2.46. The fraction of sp³-hybridized carbons (Fsp3) is 0.390. The van der Waals surface area contributed by atoms with Crippen molar-refractivity contribution in [3.8, 4) is 66.4 Å². The number of ether oxygens (including phenoxy) is 8. The van der Waals surface area contributed by atoms with Gasteiger partial charge in [0.25, 0.3) is 0 Å². The van der Waals surface area contributed by atoms with Crippen molar-refractivity contribution in [2.75, 3.05) is 106 Å². The Morgan fingerprint density at radius 1 is 0.482 bits per heavy atom. The molecule has 4 aromatic heterocycles. The van der Waals surface area contributed by atoms with Crippen molar-refractivity contribution in [2.24, 2.45) is 16.6 Å². The molecule has 28 nitrogen and oxygen atoms in total. The van der Waals surface area contributed by atoms with Gasteiger partial charge in [0.1, 0.15) is 61.5 Å². The average Bonchev–Trinajstić information content (AvgIpc) is 1.60. The minimum Gasteiger partial charge on any atom is -0.508 e. The van der Waals surface area contributed by atoms with Crippen LogP contribution >= 0.6 is 54.5 Å². The number of thiazole rings is 2. The summed E-state index contributed by atoms with van der Waals surface area (Å²) in [4.78, 5) is 90.1. The maximum atomic E-state index is 13.9. The number of carboxylic acid groups (broad SMARTS) is 1. The number of aliphatic carboxylic acids is 1. The van der Waals surface area contributed by atoms with Gasteiger partial charge in [-0.15, -0.1) is 22.7 Å². The predicted octanol–water partition coefficient (Wildman–Crippen LogP) is 16.4. The molecule has 0 saturated carbocycles. The number of aliphatic hydroxyl groups is 2. The lowest BCUT2D eigenvalue weighted by Crippen LogP contribution is -2.58. The van der Waals surface area contributed by atoms with Crippen LogP contribution in [0.3, 0.4) is 0 Å². The van der Waals surface area contributed by atoms with Crippen LogP contribution in [0.15, 0.2) is 202 Å². The monoisotopic (exact) mass is 2040 g/mol. The number of fused-ring (bicyclic) bond motifs is 2. The van der Waals surface area contributed by atoms with Crippen molar-refractivity contribution in [2.45, 2.75) is 151 Å². The van der Waals surface area contributed by atoms with Crippen LogP contribution in [0.4, 0.5) is 0 Å². The second-order valence-corrected chi connectivity index (χ2v) is 39.6. The Kier molecular flexibility index (Phi) is 38.2. The van der Waals surface area contributed by atoms with Crippen molar-refractivity contribution < 1.29 is 92.2 Å². The number of carbonyl (C=O) groups is 6. The highest BCUT2D eigenvalue weighted by Crippen LogP contribution is 2.40. The molecule has 6 heterocycles. The fourth-order valence-electron chi connectivity index (χ4n) is 16.4. The number of halogens is 2. The summed E-state index contributed by atoms with van der Waals surface area (Å²) in [7, 11) is 0. The summed E-state index contributed by atoms with van der Waals surface area (Å²) in [5, 5.41) is 57.2. The zero-order valence-electron chi connectivity index (χ0n) is 79.0. The number of hydrogen-bond donors (Lipinski definition) is 8. The van der Waals surface area contributed by atoms with E-state index in [2.05, 4.69) is 136 Å². The molecule has 0 bridgehead atoms. The molecule has 2 saturated heterocycles. The maximum absolute atomic E-state index is 13.9. The van der Waals surface area contributed by atoms with E-state index >= 15 is 0 Å². The molecule has 0 aliphatic carbocycles. The smallest absolute Gasteiger partial charge is 0.329 e. The number of nitrogens with zero attached hydrogens (tertiary/aromatic N) is 6. The molecule has 137 heavy (non-hydrogen) atoms. The van der Waals surface area contributed by atoms with Gasteiger partial charge in [-0.25, -0.2) is 14.8 Å². The first kappa shape index (κ1) is 105. The molecule has 728 valence electrons. The zero-order chi connectivity index (χ0) is 98.0. The number of likely N-dealkylation sites (tertiary alicyclic amines) is 2. The Morgan fingerprint density at radius 2 is 0.876 bits per heavy atom. The van der Waals surface area contributed by atoms with Crippen LogP contribution in [0.2, 0.25) is 0 Å². The van der Waals surface area contributed by atoms with Gasteiger partial charge < -0.3 is 98.7 Å². The fourth-order valence-corrected chi connectivity index (χ4v) is 18.6. The molecule has 6 atom stereocenters. The first-order valence-electron chi connectivity index (χ1n) is 45.7. The van der Waals surface area contributed by atoms with Gasteiger partial charge in [0.2, 0.25) is 23.6 Å². The minimum atomic E-state index is -0.995. The van der Waals surface area contributed by atoms with Gasteiger partial charge in [-0.3, -0.25) is 24.0 Å². The predicted molar refractivity (Wildman–Crippen MR) is 538 cm³/mol. The normalized spacial score (nSPS) is 15.3. The van der Waals surface area contributed by atoms with Crippen molar-refractivity contribution in [1.82, 2.24) is 39.5 Å². The van der Waals surface area contributed by atoms with Crippen molar-refractivity contribution in [1.29, 1.82) is 0 Å². The molecule has 0 spiro atoms. The number of benzene rings is 8. The van der Waals surface area contributed by atoms with Crippen molar-refractivity contribution in [3.63, 3.8) is 0 Å². The van der Waals surface area contributed by atoms with Gasteiger partial charge in [0.15, 0.2) is 5.78 Å². The van der Waals surface area contributed by atoms with E-state index < -0.39 is 65.0 Å². The van der Waals surface area contributed by atoms with Gasteiger partial charge >= 0.3 is 5.97 Å². The van der Waals surface area contributed by atoms with E-state index in [9.17, 15) is 49.2 Å². The molecule has 2 aliphatic rings. The highest BCUT2D eigenvalue weighted by molar-refractivity contribution is 9.10. The summed E-state index contributed by atoms with van der Waals surface area (Å²) in [5.41, 5.74) is 25.8. The Labute approximate surface area is 824 Å². The summed E-state index contributed by atoms with van der Waals surface area (Å²) < 4.78 is 50.9. The third-order valence-corrected chi connectivity index (χ3v) is 26.8. The van der Waals surface area contributed by atoms with Crippen molar-refractivity contribution >= 4 is 112 Å². The molecule has 4 amide bonds. The number of carboxylic acids is 1. The number of aromatic hydroxyl groups is 2. The van der Waals surface area contributed by atoms with E-state index in [0.29, 0.717) is 85.4 Å². The number of aryl methyl sites for hydroxylation is 5. The van der Waals surface area contributed by atoms with E-state index in [1.165, 1.54) is 9.80 Å². The number of ketones is 1. The van der Waals surface area contributed by atoms with Crippen LogP contribution in [0.1, 0.15) is 106 Å². The van der Waals surface area contributed by atoms with E-state index in [0.717, 1.165) is 130 Å². The summed E-state index contributed by atoms with van der Waals surface area (Å²) in [6, 6.07) is 56.5. The number of amides is 4. The van der Waals surface area contributed by atoms with Gasteiger partial charge in [-0.05, 0) is 186 Å². The maximum Gasteiger partial charge on any atom is 0.329 e. The number of aliphatic hydroxyl groups excluding tert-OH is 2. The molecule has 9 N–H and O–H groups in total. The third-order valence-electron chi connectivity index (χ3n) is 23.8. The molecule has 32 heteroatoms. The van der Waals surface area contributed by atoms with E-state index in [1.54, 1.807) is 34.8 Å². The zero-order valence-corrected chi connectivity index (χ0v) is 83.8. The van der Waals surface area contributed by atoms with Crippen LogP contribution in [0, 0.1) is 38.5 Å². The topological polar surface area (TPSA) is 370 Å². The van der Waals surface area contributed by atoms with Crippen LogP contribution < -0.4 is 25.8 Å². The third kappa shape index (κ3) is 29.5. The number of phenolic OH excluding ortho intramolecular Hbond substituents is 2. The number of aromatic nitrogens is 4. The van der Waals surface area contributed by atoms with Crippen LogP contribution in [0.25, 0.3) is 65.2 Å². The number of nitrogens with one attached hydrogen (secondary N) is 2. The average molecular weight is 2040 g/mol. The molecule has 2 aliphatic heterocycles. The molecule has 0 unspecified atom stereocenters. The highest BCUT2D eigenvalue weighted by atomic mass is 79.9. The van der Waals surface area contributed by atoms with Gasteiger partial charge in [-0.1, -0.05) is 170 Å². The molecule has 0 radical (unpaired) electrons. The lowest BCUT2D eigenvalue weighted by atomic mass is 9.85. The summed E-state index contributed by atoms with van der Waals surface area (Å²) in [5.74, 6) is -0.582. The summed E-state index contributed by atoms with van der Waals surface area (Å²) in [6.07, 6.45) is -0.251. The number of carbonyl (C=O) groups excluding carboxylic acids is 5. The lowest BCUT2D eigenvalue weighted by molar-refractivity contribution is -0.144. The largest absolute Gasteiger partial charge is 0.508 e. The molecule has 12 aromatic rings. The Hall–Kier alpha value is -11.1. The summed E-state index contributed by atoms with van der Waals surface area (Å²) in [6.45, 7) is 24.5. The van der Waals surface area contributed by atoms with Gasteiger partial charge in [0.05, 0.1) is 134 Å². The van der Waals surface area contributed by atoms with Crippen molar-refractivity contribution in [3.05, 3.63) is 247 Å².